The van der Waals surface area contributed by atoms with Crippen LogP contribution in [0.1, 0.15) is 12.8 Å². The molecule has 0 aliphatic carbocycles. The van der Waals surface area contributed by atoms with E-state index < -0.39 is 0 Å². The molecule has 2 N–H and O–H groups in total. The third kappa shape index (κ3) is 6.29. The summed E-state index contributed by atoms with van der Waals surface area (Å²) in [5, 5.41) is 7.12. The predicted molar refractivity (Wildman–Crippen MR) is 113 cm³/mol. The number of hydrogen-bond donors (Lipinski definition) is 2. The predicted octanol–water partition coefficient (Wildman–Crippen LogP) is 2.51. The summed E-state index contributed by atoms with van der Waals surface area (Å²) in [5.41, 5.74) is 0.907. The summed E-state index contributed by atoms with van der Waals surface area (Å²) in [6.45, 7) is 4.80. The van der Waals surface area contributed by atoms with Gasteiger partial charge in [0.25, 0.3) is 0 Å². The van der Waals surface area contributed by atoms with E-state index >= 15 is 0 Å². The van der Waals surface area contributed by atoms with E-state index in [2.05, 4.69) is 10.6 Å². The van der Waals surface area contributed by atoms with Gasteiger partial charge in [0.15, 0.2) is 0 Å². The molecule has 1 saturated heterocycles. The SMILES string of the molecule is COCC1(CNC(=O)CN2CCOc3ccc(Cl)cc32)CCNCC1.Cl.Cl. The van der Waals surface area contributed by atoms with Gasteiger partial charge in [-0.2, -0.15) is 0 Å². The van der Waals surface area contributed by atoms with Crippen molar-refractivity contribution in [3.8, 4) is 5.75 Å². The molecule has 0 aromatic heterocycles. The first-order valence-electron chi connectivity index (χ1n) is 8.76. The lowest BCUT2D eigenvalue weighted by Gasteiger charge is -2.37. The summed E-state index contributed by atoms with van der Waals surface area (Å²) in [7, 11) is 1.72. The van der Waals surface area contributed by atoms with E-state index in [1.807, 2.05) is 17.0 Å². The van der Waals surface area contributed by atoms with Crippen molar-refractivity contribution in [2.75, 3.05) is 57.9 Å². The molecule has 0 unspecified atom stereocenters. The van der Waals surface area contributed by atoms with Gasteiger partial charge < -0.3 is 25.0 Å². The van der Waals surface area contributed by atoms with Crippen molar-refractivity contribution in [2.45, 2.75) is 12.8 Å². The highest BCUT2D eigenvalue weighted by atomic mass is 35.5. The second-order valence-electron chi connectivity index (χ2n) is 6.84. The van der Waals surface area contributed by atoms with Crippen molar-refractivity contribution in [1.82, 2.24) is 10.6 Å². The number of halogens is 3. The van der Waals surface area contributed by atoms with Gasteiger partial charge in [0.2, 0.25) is 5.91 Å². The molecule has 0 saturated carbocycles. The number of ether oxygens (including phenoxy) is 2. The maximum Gasteiger partial charge on any atom is 0.239 e. The summed E-state index contributed by atoms with van der Waals surface area (Å²) >= 11 is 6.09. The van der Waals surface area contributed by atoms with Gasteiger partial charge in [0.1, 0.15) is 12.4 Å². The number of hydrogen-bond acceptors (Lipinski definition) is 5. The summed E-state index contributed by atoms with van der Waals surface area (Å²) in [5.74, 6) is 0.791. The summed E-state index contributed by atoms with van der Waals surface area (Å²) in [6.07, 6.45) is 2.02. The number of rotatable bonds is 6. The number of benzene rings is 1. The van der Waals surface area contributed by atoms with Crippen LogP contribution in [0.2, 0.25) is 5.02 Å². The second-order valence-corrected chi connectivity index (χ2v) is 7.28. The minimum Gasteiger partial charge on any atom is -0.490 e. The van der Waals surface area contributed by atoms with Gasteiger partial charge >= 0.3 is 0 Å². The molecule has 27 heavy (non-hydrogen) atoms. The van der Waals surface area contributed by atoms with Gasteiger partial charge in [-0.25, -0.2) is 0 Å². The van der Waals surface area contributed by atoms with Gasteiger partial charge in [-0.05, 0) is 44.1 Å². The van der Waals surface area contributed by atoms with E-state index in [0.29, 0.717) is 37.9 Å². The molecule has 0 radical (unpaired) electrons. The highest BCUT2D eigenvalue weighted by Crippen LogP contribution is 2.34. The van der Waals surface area contributed by atoms with Gasteiger partial charge in [0.05, 0.1) is 25.4 Å². The van der Waals surface area contributed by atoms with Crippen LogP contribution in [0.25, 0.3) is 0 Å². The fourth-order valence-electron chi connectivity index (χ4n) is 3.56. The van der Waals surface area contributed by atoms with Crippen molar-refractivity contribution in [3.05, 3.63) is 23.2 Å². The van der Waals surface area contributed by atoms with E-state index in [4.69, 9.17) is 21.1 Å². The average molecular weight is 441 g/mol. The number of carbonyl (C=O) groups excluding carboxylic acids is 1. The fourth-order valence-corrected chi connectivity index (χ4v) is 3.73. The monoisotopic (exact) mass is 439 g/mol. The number of piperidine rings is 1. The Balaban J connectivity index is 0.00000182. The molecule has 9 heteroatoms. The van der Waals surface area contributed by atoms with Crippen LogP contribution in [0.5, 0.6) is 5.75 Å². The first kappa shape index (κ1) is 24.1. The molecule has 0 bridgehead atoms. The molecule has 0 spiro atoms. The molecule has 1 fully saturated rings. The highest BCUT2D eigenvalue weighted by molar-refractivity contribution is 6.31. The Kier molecular flexibility index (Phi) is 9.98. The molecule has 2 heterocycles. The van der Waals surface area contributed by atoms with Crippen molar-refractivity contribution in [2.24, 2.45) is 5.41 Å². The molecule has 0 atom stereocenters. The van der Waals surface area contributed by atoms with E-state index in [-0.39, 0.29) is 36.1 Å². The zero-order chi connectivity index (χ0) is 17.7. The zero-order valence-electron chi connectivity index (χ0n) is 15.5. The topological polar surface area (TPSA) is 62.8 Å². The van der Waals surface area contributed by atoms with Gasteiger partial charge in [-0.1, -0.05) is 11.6 Å². The summed E-state index contributed by atoms with van der Waals surface area (Å²) in [4.78, 5) is 14.5. The van der Waals surface area contributed by atoms with Gasteiger partial charge in [-0.3, -0.25) is 4.79 Å². The van der Waals surface area contributed by atoms with E-state index in [0.717, 1.165) is 37.4 Å². The molecule has 2 aliphatic heterocycles. The van der Waals surface area contributed by atoms with Crippen LogP contribution in [-0.2, 0) is 9.53 Å². The number of methoxy groups -OCH3 is 1. The quantitative estimate of drug-likeness (QED) is 0.712. The van der Waals surface area contributed by atoms with E-state index in [1.165, 1.54) is 0 Å². The fraction of sp³-hybridized carbons (Fsp3) is 0.611. The Morgan fingerprint density at radius 3 is 2.81 bits per heavy atom. The van der Waals surface area contributed by atoms with Crippen molar-refractivity contribution in [1.29, 1.82) is 0 Å². The highest BCUT2D eigenvalue weighted by Gasteiger charge is 2.32. The molecule has 3 rings (SSSR count). The molecular weight excluding hydrogens is 413 g/mol. The van der Waals surface area contributed by atoms with Crippen LogP contribution in [0.15, 0.2) is 18.2 Å². The largest absolute Gasteiger partial charge is 0.490 e. The number of nitrogens with one attached hydrogen (secondary N) is 2. The van der Waals surface area contributed by atoms with Crippen LogP contribution in [-0.4, -0.2) is 59.0 Å². The minimum atomic E-state index is 0. The molecule has 2 aliphatic rings. The smallest absolute Gasteiger partial charge is 0.239 e. The Morgan fingerprint density at radius 2 is 2.11 bits per heavy atom. The Morgan fingerprint density at radius 1 is 1.37 bits per heavy atom. The van der Waals surface area contributed by atoms with Gasteiger partial charge in [-0.15, -0.1) is 24.8 Å². The number of carbonyl (C=O) groups is 1. The Bertz CT molecular complexity index is 607. The Labute approximate surface area is 178 Å². The first-order chi connectivity index (χ1) is 12.1. The number of anilines is 1. The third-order valence-corrected chi connectivity index (χ3v) is 5.23. The molecule has 1 aromatic carbocycles. The molecule has 1 aromatic rings. The van der Waals surface area contributed by atoms with Crippen LogP contribution >= 0.6 is 36.4 Å². The first-order valence-corrected chi connectivity index (χ1v) is 9.13. The second kappa shape index (κ2) is 11.2. The van der Waals surface area contributed by atoms with Crippen molar-refractivity contribution in [3.63, 3.8) is 0 Å². The normalized spacial score (nSPS) is 17.6. The number of amides is 1. The lowest BCUT2D eigenvalue weighted by atomic mass is 9.79. The number of nitrogens with zero attached hydrogens (tertiary/aromatic N) is 1. The summed E-state index contributed by atoms with van der Waals surface area (Å²) in [6, 6.07) is 5.50. The van der Waals surface area contributed by atoms with E-state index in [9.17, 15) is 4.79 Å². The lowest BCUT2D eigenvalue weighted by molar-refractivity contribution is -0.120. The van der Waals surface area contributed by atoms with Crippen LogP contribution in [0.4, 0.5) is 5.69 Å². The van der Waals surface area contributed by atoms with Crippen molar-refractivity contribution >= 4 is 48.0 Å². The third-order valence-electron chi connectivity index (χ3n) is 4.99. The Hall–Kier alpha value is -0.920. The van der Waals surface area contributed by atoms with Crippen LogP contribution < -0.4 is 20.3 Å². The lowest BCUT2D eigenvalue weighted by Crippen LogP contribution is -2.49. The number of fused-ring (bicyclic) bond motifs is 1. The van der Waals surface area contributed by atoms with Gasteiger partial charge in [0, 0.05) is 24.1 Å². The standard InChI is InChI=1S/C18H26ClN3O3.2ClH/c1-24-13-18(4-6-20-7-5-18)12-21-17(23)11-22-8-9-25-16-3-2-14(19)10-15(16)22;;/h2-3,10,20H,4-9,11-13H2,1H3,(H,21,23);2*1H. The van der Waals surface area contributed by atoms with Crippen LogP contribution in [0.3, 0.4) is 0 Å². The van der Waals surface area contributed by atoms with Crippen LogP contribution in [0, 0.1) is 5.41 Å². The maximum absolute atomic E-state index is 12.5. The molecule has 6 nitrogen and oxygen atoms in total. The molecular formula is C18H28Cl3N3O3. The molecule has 1 amide bonds. The maximum atomic E-state index is 12.5. The van der Waals surface area contributed by atoms with Crippen molar-refractivity contribution < 1.29 is 14.3 Å². The summed E-state index contributed by atoms with van der Waals surface area (Å²) < 4.78 is 11.0. The minimum absolute atomic E-state index is 0. The zero-order valence-corrected chi connectivity index (χ0v) is 17.9. The molecule has 154 valence electrons. The average Bonchev–Trinajstić information content (AvgIpc) is 2.62. The van der Waals surface area contributed by atoms with E-state index in [1.54, 1.807) is 13.2 Å².